The highest BCUT2D eigenvalue weighted by atomic mass is 32.2. The zero-order valence-corrected chi connectivity index (χ0v) is 16.9. The number of ether oxygens (including phenoxy) is 2. The second-order valence-corrected chi connectivity index (χ2v) is 7.36. The van der Waals surface area contributed by atoms with E-state index in [1.54, 1.807) is 24.3 Å². The summed E-state index contributed by atoms with van der Waals surface area (Å²) in [6.45, 7) is 3.43. The SMILES string of the molecule is COc1cc(/C=C2\SC(=Nc3ccc(C)cc3)NC2=O)ccc1OC(C)C(=O)O. The summed E-state index contributed by atoms with van der Waals surface area (Å²) < 4.78 is 10.7. The van der Waals surface area contributed by atoms with E-state index in [-0.39, 0.29) is 5.91 Å². The summed E-state index contributed by atoms with van der Waals surface area (Å²) in [5, 5.41) is 12.2. The molecular formula is C21H20N2O5S. The highest BCUT2D eigenvalue weighted by Crippen LogP contribution is 2.32. The van der Waals surface area contributed by atoms with Crippen molar-refractivity contribution in [2.24, 2.45) is 4.99 Å². The van der Waals surface area contributed by atoms with Gasteiger partial charge in [0.2, 0.25) is 0 Å². The molecular weight excluding hydrogens is 392 g/mol. The third-order valence-electron chi connectivity index (χ3n) is 4.05. The first-order chi connectivity index (χ1) is 13.9. The molecule has 7 nitrogen and oxygen atoms in total. The second kappa shape index (κ2) is 8.83. The van der Waals surface area contributed by atoms with Gasteiger partial charge < -0.3 is 19.9 Å². The Hall–Kier alpha value is -3.26. The van der Waals surface area contributed by atoms with Crippen LogP contribution in [0.3, 0.4) is 0 Å². The van der Waals surface area contributed by atoms with E-state index in [4.69, 9.17) is 14.6 Å². The number of carbonyl (C=O) groups excluding carboxylic acids is 1. The number of carboxylic acids is 1. The number of carboxylic acid groups (broad SMARTS) is 1. The van der Waals surface area contributed by atoms with Gasteiger partial charge in [0.25, 0.3) is 5.91 Å². The summed E-state index contributed by atoms with van der Waals surface area (Å²) in [7, 11) is 1.47. The van der Waals surface area contributed by atoms with E-state index in [1.165, 1.54) is 25.8 Å². The minimum Gasteiger partial charge on any atom is -0.493 e. The Kier molecular flexibility index (Phi) is 6.23. The summed E-state index contributed by atoms with van der Waals surface area (Å²) in [6, 6.07) is 12.7. The number of hydrogen-bond donors (Lipinski definition) is 2. The summed E-state index contributed by atoms with van der Waals surface area (Å²) >= 11 is 1.25. The third kappa shape index (κ3) is 5.17. The average molecular weight is 412 g/mol. The molecule has 1 fully saturated rings. The van der Waals surface area contributed by atoms with Gasteiger partial charge in [-0.05, 0) is 61.5 Å². The van der Waals surface area contributed by atoms with Crippen molar-refractivity contribution in [3.8, 4) is 11.5 Å². The fraction of sp³-hybridized carbons (Fsp3) is 0.190. The molecule has 2 N–H and O–H groups in total. The lowest BCUT2D eigenvalue weighted by Crippen LogP contribution is -2.23. The minimum atomic E-state index is -1.07. The quantitative estimate of drug-likeness (QED) is 0.702. The molecule has 29 heavy (non-hydrogen) atoms. The lowest BCUT2D eigenvalue weighted by atomic mass is 10.2. The molecule has 1 aliphatic rings. The Morgan fingerprint density at radius 3 is 2.59 bits per heavy atom. The lowest BCUT2D eigenvalue weighted by molar-refractivity contribution is -0.144. The van der Waals surface area contributed by atoms with Gasteiger partial charge in [-0.2, -0.15) is 0 Å². The zero-order chi connectivity index (χ0) is 21.0. The van der Waals surface area contributed by atoms with Gasteiger partial charge >= 0.3 is 5.97 Å². The summed E-state index contributed by atoms with van der Waals surface area (Å²) in [5.41, 5.74) is 2.61. The molecule has 3 rings (SSSR count). The van der Waals surface area contributed by atoms with E-state index in [1.807, 2.05) is 31.2 Å². The maximum Gasteiger partial charge on any atom is 0.344 e. The van der Waals surface area contributed by atoms with Crippen LogP contribution in [0.4, 0.5) is 5.69 Å². The maximum atomic E-state index is 12.3. The first-order valence-electron chi connectivity index (χ1n) is 8.79. The Labute approximate surface area is 172 Å². The van der Waals surface area contributed by atoms with Crippen LogP contribution in [-0.2, 0) is 9.59 Å². The van der Waals surface area contributed by atoms with E-state index in [0.717, 1.165) is 11.3 Å². The van der Waals surface area contributed by atoms with E-state index < -0.39 is 12.1 Å². The molecule has 1 unspecified atom stereocenters. The van der Waals surface area contributed by atoms with Gasteiger partial charge in [0.15, 0.2) is 22.8 Å². The van der Waals surface area contributed by atoms with Crippen LogP contribution in [0.2, 0.25) is 0 Å². The Bertz CT molecular complexity index is 999. The molecule has 0 aliphatic carbocycles. The summed E-state index contributed by atoms with van der Waals surface area (Å²) in [4.78, 5) is 28.2. The monoisotopic (exact) mass is 412 g/mol. The number of nitrogens with one attached hydrogen (secondary N) is 1. The van der Waals surface area contributed by atoms with Crippen LogP contribution in [0.1, 0.15) is 18.1 Å². The molecule has 0 aromatic heterocycles. The number of aliphatic imine (C=N–C) groups is 1. The number of aliphatic carboxylic acids is 1. The van der Waals surface area contributed by atoms with Crippen LogP contribution in [-0.4, -0.2) is 35.4 Å². The number of amides is 1. The molecule has 0 bridgehead atoms. The zero-order valence-electron chi connectivity index (χ0n) is 16.1. The molecule has 1 aliphatic heterocycles. The fourth-order valence-electron chi connectivity index (χ4n) is 2.48. The molecule has 1 saturated heterocycles. The molecule has 2 aromatic carbocycles. The Morgan fingerprint density at radius 1 is 1.21 bits per heavy atom. The van der Waals surface area contributed by atoms with Crippen LogP contribution >= 0.6 is 11.8 Å². The van der Waals surface area contributed by atoms with Gasteiger partial charge in [-0.3, -0.25) is 4.79 Å². The van der Waals surface area contributed by atoms with Crippen molar-refractivity contribution in [3.63, 3.8) is 0 Å². The number of methoxy groups -OCH3 is 1. The normalized spacial score (nSPS) is 17.3. The van der Waals surface area contributed by atoms with Crippen LogP contribution in [0.5, 0.6) is 11.5 Å². The van der Waals surface area contributed by atoms with Crippen LogP contribution in [0, 0.1) is 6.92 Å². The van der Waals surface area contributed by atoms with Gasteiger partial charge in [0.05, 0.1) is 17.7 Å². The lowest BCUT2D eigenvalue weighted by Gasteiger charge is -2.14. The van der Waals surface area contributed by atoms with Crippen molar-refractivity contribution >= 4 is 40.6 Å². The van der Waals surface area contributed by atoms with Crippen molar-refractivity contribution in [2.75, 3.05) is 7.11 Å². The number of rotatable bonds is 6. The highest BCUT2D eigenvalue weighted by molar-refractivity contribution is 8.18. The van der Waals surface area contributed by atoms with Crippen molar-refractivity contribution in [2.45, 2.75) is 20.0 Å². The molecule has 1 amide bonds. The van der Waals surface area contributed by atoms with Gasteiger partial charge in [-0.1, -0.05) is 23.8 Å². The topological polar surface area (TPSA) is 97.2 Å². The van der Waals surface area contributed by atoms with Crippen molar-refractivity contribution in [3.05, 3.63) is 58.5 Å². The second-order valence-electron chi connectivity index (χ2n) is 6.33. The van der Waals surface area contributed by atoms with E-state index >= 15 is 0 Å². The first-order valence-corrected chi connectivity index (χ1v) is 9.61. The maximum absolute atomic E-state index is 12.3. The number of aryl methyl sites for hydroxylation is 1. The van der Waals surface area contributed by atoms with E-state index in [9.17, 15) is 9.59 Å². The molecule has 8 heteroatoms. The molecule has 1 heterocycles. The smallest absolute Gasteiger partial charge is 0.344 e. The molecule has 0 spiro atoms. The number of benzene rings is 2. The molecule has 1 atom stereocenters. The van der Waals surface area contributed by atoms with Gasteiger partial charge in [0, 0.05) is 0 Å². The van der Waals surface area contributed by atoms with Crippen molar-refractivity contribution in [1.29, 1.82) is 0 Å². The van der Waals surface area contributed by atoms with Gasteiger partial charge in [-0.15, -0.1) is 0 Å². The minimum absolute atomic E-state index is 0.236. The van der Waals surface area contributed by atoms with Crippen LogP contribution in [0.25, 0.3) is 6.08 Å². The fourth-order valence-corrected chi connectivity index (χ4v) is 3.32. The first kappa shape index (κ1) is 20.5. The van der Waals surface area contributed by atoms with Gasteiger partial charge in [-0.25, -0.2) is 9.79 Å². The largest absolute Gasteiger partial charge is 0.493 e. The standard InChI is InChI=1S/C21H20N2O5S/c1-12-4-7-15(8-5-12)22-21-23-19(24)18(29-21)11-14-6-9-16(17(10-14)27-3)28-13(2)20(25)26/h4-11,13H,1-3H3,(H,25,26)(H,22,23,24)/b18-11-. The van der Waals surface area contributed by atoms with E-state index in [0.29, 0.717) is 27.1 Å². The van der Waals surface area contributed by atoms with Crippen molar-refractivity contribution in [1.82, 2.24) is 5.32 Å². The number of nitrogens with zero attached hydrogens (tertiary/aromatic N) is 1. The predicted octanol–water partition coefficient (Wildman–Crippen LogP) is 3.75. The summed E-state index contributed by atoms with van der Waals surface area (Å²) in [6.07, 6.45) is 0.703. The highest BCUT2D eigenvalue weighted by Gasteiger charge is 2.24. The summed E-state index contributed by atoms with van der Waals surface area (Å²) in [5.74, 6) is -0.614. The number of carbonyl (C=O) groups is 2. The molecule has 0 saturated carbocycles. The third-order valence-corrected chi connectivity index (χ3v) is 4.96. The Morgan fingerprint density at radius 2 is 1.93 bits per heavy atom. The van der Waals surface area contributed by atoms with Crippen molar-refractivity contribution < 1.29 is 24.2 Å². The predicted molar refractivity (Wildman–Crippen MR) is 113 cm³/mol. The number of amidine groups is 1. The number of hydrogen-bond acceptors (Lipinski definition) is 6. The van der Waals surface area contributed by atoms with Gasteiger partial charge in [0.1, 0.15) is 0 Å². The average Bonchev–Trinajstić information content (AvgIpc) is 3.03. The van der Waals surface area contributed by atoms with Crippen LogP contribution in [0.15, 0.2) is 52.4 Å². The molecule has 150 valence electrons. The molecule has 0 radical (unpaired) electrons. The number of thioether (sulfide) groups is 1. The van der Waals surface area contributed by atoms with E-state index in [2.05, 4.69) is 10.3 Å². The van der Waals surface area contributed by atoms with Crippen LogP contribution < -0.4 is 14.8 Å². The molecule has 2 aromatic rings. The Balaban J connectivity index is 1.79.